The molecule has 0 fully saturated rings. The van der Waals surface area contributed by atoms with E-state index in [0.29, 0.717) is 18.9 Å². The SMILES string of the molecule is CCC(CCCCN(C)C(C)=O)C(=O)C1=NC(CCc2ccsc2)C2=C1COc1cc(OC)c(C=C(C)C)cc12. The molecule has 0 aliphatic carbocycles. The van der Waals surface area contributed by atoms with E-state index in [2.05, 4.69) is 49.7 Å². The molecule has 2 unspecified atom stereocenters. The Bertz CT molecular complexity index is 1320. The molecule has 0 radical (unpaired) electrons. The molecule has 1 aromatic heterocycles. The third-order valence-electron chi connectivity index (χ3n) is 7.88. The number of fused-ring (bicyclic) bond motifs is 2. The zero-order valence-corrected chi connectivity index (χ0v) is 25.5. The van der Waals surface area contributed by atoms with Crippen LogP contribution in [0.1, 0.15) is 76.5 Å². The van der Waals surface area contributed by atoms with E-state index in [1.54, 1.807) is 30.3 Å². The molecule has 0 saturated carbocycles. The number of carbonyl (C=O) groups is 2. The number of Topliss-reactive ketones (excluding diaryl/α,β-unsaturated/α-hetero) is 1. The van der Waals surface area contributed by atoms with E-state index in [1.165, 1.54) is 11.1 Å². The van der Waals surface area contributed by atoms with Gasteiger partial charge in [-0.1, -0.05) is 25.0 Å². The molecule has 0 N–H and O–H groups in total. The quantitative estimate of drug-likeness (QED) is 0.246. The lowest BCUT2D eigenvalue weighted by Crippen LogP contribution is -2.28. The second-order valence-electron chi connectivity index (χ2n) is 11.1. The average molecular weight is 563 g/mol. The van der Waals surface area contributed by atoms with Crippen LogP contribution in [0, 0.1) is 5.92 Å². The number of amides is 1. The van der Waals surface area contributed by atoms with Crippen molar-refractivity contribution in [2.24, 2.45) is 10.9 Å². The summed E-state index contributed by atoms with van der Waals surface area (Å²) in [5.74, 6) is 1.66. The molecule has 2 aliphatic rings. The molecule has 1 amide bonds. The van der Waals surface area contributed by atoms with Gasteiger partial charge in [0.1, 0.15) is 23.8 Å². The Morgan fingerprint density at radius 2 is 2.05 bits per heavy atom. The minimum absolute atomic E-state index is 0.0688. The Labute approximate surface area is 242 Å². The summed E-state index contributed by atoms with van der Waals surface area (Å²) in [5.41, 5.74) is 7.16. The van der Waals surface area contributed by atoms with Crippen LogP contribution in [-0.2, 0) is 16.0 Å². The van der Waals surface area contributed by atoms with Crippen LogP contribution in [0.4, 0.5) is 0 Å². The van der Waals surface area contributed by atoms with Gasteiger partial charge in [-0.3, -0.25) is 14.6 Å². The van der Waals surface area contributed by atoms with Gasteiger partial charge < -0.3 is 14.4 Å². The fourth-order valence-corrected chi connectivity index (χ4v) is 6.25. The van der Waals surface area contributed by atoms with E-state index in [-0.39, 0.29) is 23.7 Å². The van der Waals surface area contributed by atoms with E-state index in [9.17, 15) is 9.59 Å². The van der Waals surface area contributed by atoms with Crippen molar-refractivity contribution >= 4 is 40.4 Å². The highest BCUT2D eigenvalue weighted by Crippen LogP contribution is 2.45. The number of aliphatic imine (C=N–C) groups is 1. The molecule has 7 heteroatoms. The van der Waals surface area contributed by atoms with Crippen molar-refractivity contribution in [2.75, 3.05) is 27.3 Å². The monoisotopic (exact) mass is 562 g/mol. The highest BCUT2D eigenvalue weighted by molar-refractivity contribution is 7.07. The topological polar surface area (TPSA) is 68.2 Å². The summed E-state index contributed by atoms with van der Waals surface area (Å²) in [7, 11) is 3.50. The van der Waals surface area contributed by atoms with E-state index in [0.717, 1.165) is 72.3 Å². The predicted octanol–water partition coefficient (Wildman–Crippen LogP) is 7.03. The van der Waals surface area contributed by atoms with Gasteiger partial charge in [-0.2, -0.15) is 11.3 Å². The number of hydrogen-bond donors (Lipinski definition) is 0. The van der Waals surface area contributed by atoms with E-state index in [4.69, 9.17) is 14.5 Å². The predicted molar refractivity (Wildman–Crippen MR) is 165 cm³/mol. The minimum atomic E-state index is -0.0933. The van der Waals surface area contributed by atoms with Crippen molar-refractivity contribution in [1.29, 1.82) is 0 Å². The number of ketones is 1. The molecule has 6 nitrogen and oxygen atoms in total. The normalized spacial score (nSPS) is 16.4. The first-order valence-electron chi connectivity index (χ1n) is 14.3. The van der Waals surface area contributed by atoms with Gasteiger partial charge in [0.25, 0.3) is 0 Å². The number of carbonyl (C=O) groups excluding carboxylic acids is 2. The Balaban J connectivity index is 1.64. The Hall–Kier alpha value is -3.19. The van der Waals surface area contributed by atoms with Crippen LogP contribution in [-0.4, -0.2) is 55.7 Å². The number of hydrogen-bond acceptors (Lipinski definition) is 6. The zero-order valence-electron chi connectivity index (χ0n) is 24.7. The van der Waals surface area contributed by atoms with Crippen LogP contribution in [0.15, 0.2) is 45.1 Å². The standard InChI is InChI=1S/C33H42N2O4S/c1-7-24(10-8-9-14-35(5)22(4)36)33(37)32-27-19-39-30-18-29(38-6)25(16-21(2)3)17-26(30)31(27)28(34-32)12-11-23-13-15-40-20-23/h13,15-18,20,24,28H,7-12,14,19H2,1-6H3. The van der Waals surface area contributed by atoms with Gasteiger partial charge in [0.15, 0.2) is 5.78 Å². The molecule has 1 aromatic carbocycles. The number of unbranched alkanes of at least 4 members (excludes halogenated alkanes) is 1. The van der Waals surface area contributed by atoms with Crippen LogP contribution in [0.3, 0.4) is 0 Å². The molecular weight excluding hydrogens is 520 g/mol. The molecule has 0 bridgehead atoms. The first kappa shape index (κ1) is 29.8. The summed E-state index contributed by atoms with van der Waals surface area (Å²) in [6.45, 7) is 8.86. The van der Waals surface area contributed by atoms with Gasteiger partial charge in [-0.25, -0.2) is 0 Å². The largest absolute Gasteiger partial charge is 0.496 e. The highest BCUT2D eigenvalue weighted by Gasteiger charge is 2.38. The molecule has 2 atom stereocenters. The fourth-order valence-electron chi connectivity index (χ4n) is 5.54. The van der Waals surface area contributed by atoms with Crippen LogP contribution in [0.2, 0.25) is 0 Å². The molecule has 4 rings (SSSR count). The minimum Gasteiger partial charge on any atom is -0.496 e. The van der Waals surface area contributed by atoms with Crippen molar-refractivity contribution < 1.29 is 19.1 Å². The maximum absolute atomic E-state index is 14.0. The maximum Gasteiger partial charge on any atom is 0.219 e. The van der Waals surface area contributed by atoms with Gasteiger partial charge in [-0.05, 0) is 80.0 Å². The smallest absolute Gasteiger partial charge is 0.219 e. The van der Waals surface area contributed by atoms with Gasteiger partial charge >= 0.3 is 0 Å². The van der Waals surface area contributed by atoms with E-state index >= 15 is 0 Å². The van der Waals surface area contributed by atoms with E-state index < -0.39 is 0 Å². The molecule has 3 heterocycles. The van der Waals surface area contributed by atoms with Crippen molar-refractivity contribution in [1.82, 2.24) is 4.90 Å². The summed E-state index contributed by atoms with van der Waals surface area (Å²) in [6.07, 6.45) is 7.20. The molecule has 2 aromatic rings. The number of ether oxygens (including phenoxy) is 2. The molecule has 40 heavy (non-hydrogen) atoms. The van der Waals surface area contributed by atoms with Crippen molar-refractivity contribution in [2.45, 2.75) is 72.3 Å². The Morgan fingerprint density at radius 3 is 2.70 bits per heavy atom. The second-order valence-corrected chi connectivity index (χ2v) is 11.8. The lowest BCUT2D eigenvalue weighted by molar-refractivity contribution is -0.127. The van der Waals surface area contributed by atoms with Gasteiger partial charge in [0.05, 0.1) is 13.2 Å². The van der Waals surface area contributed by atoms with Gasteiger partial charge in [0, 0.05) is 49.2 Å². The van der Waals surface area contributed by atoms with Gasteiger partial charge in [-0.15, -0.1) is 0 Å². The van der Waals surface area contributed by atoms with Crippen molar-refractivity contribution in [3.8, 4) is 11.5 Å². The number of allylic oxidation sites excluding steroid dienone is 1. The Morgan fingerprint density at radius 1 is 1.25 bits per heavy atom. The summed E-state index contributed by atoms with van der Waals surface area (Å²) in [5, 5.41) is 4.29. The van der Waals surface area contributed by atoms with E-state index in [1.807, 2.05) is 13.1 Å². The molecule has 214 valence electrons. The fraction of sp³-hybridized carbons (Fsp3) is 0.485. The summed E-state index contributed by atoms with van der Waals surface area (Å²) < 4.78 is 11.9. The number of benzene rings is 1. The number of thiophene rings is 1. The summed E-state index contributed by atoms with van der Waals surface area (Å²) in [4.78, 5) is 32.3. The van der Waals surface area contributed by atoms with Gasteiger partial charge in [0.2, 0.25) is 5.91 Å². The van der Waals surface area contributed by atoms with Crippen molar-refractivity contribution in [3.05, 3.63) is 56.8 Å². The zero-order chi connectivity index (χ0) is 28.8. The number of aryl methyl sites for hydroxylation is 1. The molecular formula is C33H42N2O4S. The van der Waals surface area contributed by atoms with Crippen LogP contribution < -0.4 is 9.47 Å². The first-order valence-corrected chi connectivity index (χ1v) is 15.3. The molecule has 0 saturated heterocycles. The lowest BCUT2D eigenvalue weighted by atomic mass is 9.85. The third kappa shape index (κ3) is 6.74. The molecule has 0 spiro atoms. The number of nitrogens with zero attached hydrogens (tertiary/aromatic N) is 2. The van der Waals surface area contributed by atoms with Crippen molar-refractivity contribution in [3.63, 3.8) is 0 Å². The highest BCUT2D eigenvalue weighted by atomic mass is 32.1. The van der Waals surface area contributed by atoms with Crippen LogP contribution in [0.5, 0.6) is 11.5 Å². The second kappa shape index (κ2) is 13.4. The summed E-state index contributed by atoms with van der Waals surface area (Å²) in [6, 6.07) is 6.18. The third-order valence-corrected chi connectivity index (χ3v) is 8.62. The maximum atomic E-state index is 14.0. The number of rotatable bonds is 13. The molecule has 2 aliphatic heterocycles. The van der Waals surface area contributed by atoms with Crippen LogP contribution >= 0.6 is 11.3 Å². The first-order chi connectivity index (χ1) is 19.2. The number of methoxy groups -OCH3 is 1. The van der Waals surface area contributed by atoms with Crippen LogP contribution in [0.25, 0.3) is 11.6 Å². The lowest BCUT2D eigenvalue weighted by Gasteiger charge is -2.25. The summed E-state index contributed by atoms with van der Waals surface area (Å²) >= 11 is 1.71. The average Bonchev–Trinajstić information content (AvgIpc) is 3.58. The Kier molecular flexibility index (Phi) is 10.0.